The van der Waals surface area contributed by atoms with Crippen LogP contribution in [0.1, 0.15) is 64.5 Å². The highest BCUT2D eigenvalue weighted by Gasteiger charge is 2.42. The fraction of sp³-hybridized carbons (Fsp3) is 0.636. The van der Waals surface area contributed by atoms with Crippen LogP contribution in [0.5, 0.6) is 0 Å². The fourth-order valence-corrected chi connectivity index (χ4v) is 3.56. The number of aromatic nitrogens is 1. The summed E-state index contributed by atoms with van der Waals surface area (Å²) in [4.78, 5) is 42.1. The maximum atomic E-state index is 12.7. The molecule has 0 radical (unpaired) electrons. The van der Waals surface area contributed by atoms with Crippen LogP contribution in [0.4, 0.5) is 4.79 Å². The Morgan fingerprint density at radius 3 is 2.43 bits per heavy atom. The Balaban J connectivity index is 1.65. The smallest absolute Gasteiger partial charge is 0.407 e. The van der Waals surface area contributed by atoms with Crippen molar-refractivity contribution in [3.63, 3.8) is 0 Å². The van der Waals surface area contributed by atoms with Crippen LogP contribution in [0.3, 0.4) is 0 Å². The third-order valence-corrected chi connectivity index (χ3v) is 5.02. The van der Waals surface area contributed by atoms with Crippen molar-refractivity contribution in [2.45, 2.75) is 64.5 Å². The van der Waals surface area contributed by atoms with E-state index in [1.54, 1.807) is 24.3 Å². The summed E-state index contributed by atoms with van der Waals surface area (Å²) in [5.41, 5.74) is 0.389. The lowest BCUT2D eigenvalue weighted by Gasteiger charge is -2.24. The Morgan fingerprint density at radius 1 is 1.17 bits per heavy atom. The maximum absolute atomic E-state index is 12.7. The van der Waals surface area contributed by atoms with E-state index in [9.17, 15) is 14.4 Å². The SMILES string of the molecule is CN1C(=O)C[C@H](C(=O)NCCCCCCNC(=O)OC(C)(C)C)[C@H]1c1cccnc1. The van der Waals surface area contributed by atoms with Crippen molar-refractivity contribution in [2.24, 2.45) is 5.92 Å². The number of pyridine rings is 1. The summed E-state index contributed by atoms with van der Waals surface area (Å²) in [6.07, 6.45) is 6.83. The largest absolute Gasteiger partial charge is 0.444 e. The number of carbonyl (C=O) groups is 3. The van der Waals surface area contributed by atoms with Gasteiger partial charge in [-0.05, 0) is 45.2 Å². The molecule has 2 atom stereocenters. The lowest BCUT2D eigenvalue weighted by atomic mass is 9.94. The molecule has 1 saturated heterocycles. The number of unbranched alkanes of at least 4 members (excludes halogenated alkanes) is 3. The summed E-state index contributed by atoms with van der Waals surface area (Å²) in [7, 11) is 1.73. The minimum Gasteiger partial charge on any atom is -0.444 e. The van der Waals surface area contributed by atoms with Crippen molar-refractivity contribution in [1.29, 1.82) is 0 Å². The quantitative estimate of drug-likeness (QED) is 0.601. The summed E-state index contributed by atoms with van der Waals surface area (Å²) in [6.45, 7) is 6.65. The third kappa shape index (κ3) is 7.31. The Hall–Kier alpha value is -2.64. The van der Waals surface area contributed by atoms with Crippen LogP contribution < -0.4 is 10.6 Å². The number of alkyl carbamates (subject to hydrolysis) is 1. The van der Waals surface area contributed by atoms with Crippen molar-refractivity contribution >= 4 is 17.9 Å². The maximum Gasteiger partial charge on any atom is 0.407 e. The van der Waals surface area contributed by atoms with Gasteiger partial charge in [0.2, 0.25) is 11.8 Å². The molecule has 0 aliphatic carbocycles. The molecule has 2 N–H and O–H groups in total. The number of nitrogens with one attached hydrogen (secondary N) is 2. The number of rotatable bonds is 9. The van der Waals surface area contributed by atoms with Gasteiger partial charge in [-0.2, -0.15) is 0 Å². The molecule has 1 aliphatic rings. The van der Waals surface area contributed by atoms with Crippen LogP contribution >= 0.6 is 0 Å². The molecule has 0 spiro atoms. The molecule has 1 fully saturated rings. The van der Waals surface area contributed by atoms with Gasteiger partial charge in [-0.15, -0.1) is 0 Å². The molecule has 0 unspecified atom stereocenters. The zero-order chi connectivity index (χ0) is 22.1. The second kappa shape index (κ2) is 10.9. The number of hydrogen-bond acceptors (Lipinski definition) is 5. The van der Waals surface area contributed by atoms with Crippen LogP contribution in [-0.4, -0.2) is 53.5 Å². The number of nitrogens with zero attached hydrogens (tertiary/aromatic N) is 2. The molecule has 2 heterocycles. The minimum atomic E-state index is -0.489. The van der Waals surface area contributed by atoms with Gasteiger partial charge in [0.05, 0.1) is 12.0 Å². The van der Waals surface area contributed by atoms with Gasteiger partial charge in [0.1, 0.15) is 5.60 Å². The van der Waals surface area contributed by atoms with E-state index in [-0.39, 0.29) is 24.3 Å². The van der Waals surface area contributed by atoms with Gasteiger partial charge in [0, 0.05) is 39.0 Å². The molecule has 0 aromatic carbocycles. The summed E-state index contributed by atoms with van der Waals surface area (Å²) in [5.74, 6) is -0.514. The average Bonchev–Trinajstić information content (AvgIpc) is 2.98. The number of hydrogen-bond donors (Lipinski definition) is 2. The first-order valence-electron chi connectivity index (χ1n) is 10.6. The van der Waals surface area contributed by atoms with E-state index in [1.165, 1.54) is 0 Å². The van der Waals surface area contributed by atoms with E-state index in [0.29, 0.717) is 13.1 Å². The van der Waals surface area contributed by atoms with Crippen molar-refractivity contribution in [3.8, 4) is 0 Å². The van der Waals surface area contributed by atoms with Crippen LogP contribution in [0.25, 0.3) is 0 Å². The molecule has 30 heavy (non-hydrogen) atoms. The van der Waals surface area contributed by atoms with Gasteiger partial charge in [0.25, 0.3) is 0 Å². The van der Waals surface area contributed by atoms with E-state index in [1.807, 2.05) is 32.9 Å². The normalized spacial score (nSPS) is 18.9. The zero-order valence-electron chi connectivity index (χ0n) is 18.4. The second-order valence-corrected chi connectivity index (χ2v) is 8.68. The van der Waals surface area contributed by atoms with Gasteiger partial charge in [-0.3, -0.25) is 14.6 Å². The van der Waals surface area contributed by atoms with E-state index >= 15 is 0 Å². The minimum absolute atomic E-state index is 0.0264. The third-order valence-electron chi connectivity index (χ3n) is 5.02. The zero-order valence-corrected chi connectivity index (χ0v) is 18.4. The molecule has 1 aromatic heterocycles. The molecular formula is C22H34N4O4. The summed E-state index contributed by atoms with van der Waals surface area (Å²) < 4.78 is 5.18. The Labute approximate surface area is 178 Å². The predicted molar refractivity (Wildman–Crippen MR) is 114 cm³/mol. The van der Waals surface area contributed by atoms with Gasteiger partial charge in [-0.1, -0.05) is 18.9 Å². The van der Waals surface area contributed by atoms with Crippen LogP contribution in [0.15, 0.2) is 24.5 Å². The van der Waals surface area contributed by atoms with Crippen LogP contribution in [-0.2, 0) is 14.3 Å². The van der Waals surface area contributed by atoms with Crippen LogP contribution in [0.2, 0.25) is 0 Å². The molecule has 3 amide bonds. The molecule has 1 aliphatic heterocycles. The molecule has 166 valence electrons. The van der Waals surface area contributed by atoms with E-state index in [2.05, 4.69) is 15.6 Å². The fourth-order valence-electron chi connectivity index (χ4n) is 3.56. The average molecular weight is 419 g/mol. The first-order chi connectivity index (χ1) is 14.2. The molecule has 0 saturated carbocycles. The van der Waals surface area contributed by atoms with Crippen molar-refractivity contribution in [3.05, 3.63) is 30.1 Å². The number of amides is 3. The number of ether oxygens (including phenoxy) is 1. The first-order valence-corrected chi connectivity index (χ1v) is 10.6. The molecule has 8 nitrogen and oxygen atoms in total. The van der Waals surface area contributed by atoms with Crippen LogP contribution in [0, 0.1) is 5.92 Å². The highest BCUT2D eigenvalue weighted by atomic mass is 16.6. The highest BCUT2D eigenvalue weighted by Crippen LogP contribution is 2.36. The van der Waals surface area contributed by atoms with Gasteiger partial charge >= 0.3 is 6.09 Å². The number of likely N-dealkylation sites (tertiary alicyclic amines) is 1. The first kappa shape index (κ1) is 23.6. The topological polar surface area (TPSA) is 101 Å². The summed E-state index contributed by atoms with van der Waals surface area (Å²) in [5, 5.41) is 5.71. The summed E-state index contributed by atoms with van der Waals surface area (Å²) >= 11 is 0. The highest BCUT2D eigenvalue weighted by molar-refractivity contribution is 5.90. The monoisotopic (exact) mass is 418 g/mol. The predicted octanol–water partition coefficient (Wildman–Crippen LogP) is 2.80. The number of carbonyl (C=O) groups excluding carboxylic acids is 3. The standard InChI is InChI=1S/C22H34N4O4/c1-22(2,3)30-21(29)25-13-8-6-5-7-12-24-20(28)17-14-18(27)26(4)19(17)16-10-9-11-23-15-16/h9-11,15,17,19H,5-8,12-14H2,1-4H3,(H,24,28)(H,25,29)/t17-,19+/m0/s1. The second-order valence-electron chi connectivity index (χ2n) is 8.68. The van der Waals surface area contributed by atoms with Gasteiger partial charge < -0.3 is 20.3 Å². The van der Waals surface area contributed by atoms with E-state index < -0.39 is 17.6 Å². The van der Waals surface area contributed by atoms with Gasteiger partial charge in [-0.25, -0.2) is 4.79 Å². The Morgan fingerprint density at radius 2 is 1.83 bits per heavy atom. The molecular weight excluding hydrogens is 384 g/mol. The van der Waals surface area contributed by atoms with Crippen molar-refractivity contribution < 1.29 is 19.1 Å². The Kier molecular flexibility index (Phi) is 8.62. The lowest BCUT2D eigenvalue weighted by molar-refractivity contribution is -0.128. The molecule has 2 rings (SSSR count). The molecule has 8 heteroatoms. The lowest BCUT2D eigenvalue weighted by Crippen LogP contribution is -2.35. The Bertz CT molecular complexity index is 718. The van der Waals surface area contributed by atoms with Crippen molar-refractivity contribution in [2.75, 3.05) is 20.1 Å². The van der Waals surface area contributed by atoms with E-state index in [4.69, 9.17) is 4.74 Å². The van der Waals surface area contributed by atoms with Crippen molar-refractivity contribution in [1.82, 2.24) is 20.5 Å². The molecule has 0 bridgehead atoms. The molecule has 1 aromatic rings. The van der Waals surface area contributed by atoms with Gasteiger partial charge in [0.15, 0.2) is 0 Å². The van der Waals surface area contributed by atoms with E-state index in [0.717, 1.165) is 31.2 Å². The summed E-state index contributed by atoms with van der Waals surface area (Å²) in [6, 6.07) is 3.45.